The number of benzene rings is 2. The highest BCUT2D eigenvalue weighted by atomic mass is 16.1. The number of hydrogen-bond donors (Lipinski definition) is 3. The molecule has 0 fully saturated rings. The standard InChI is InChI=1S/C27H32N4O/c1-4-18-12-23(10-9-21(18)11-17(2)3)29-26-16-22(28)15-25(31-26)27(32)30-24-13-19-7-5-6-8-20(19)14-24/h5-10,12,15-17,24H,4,11,13-14H2,1-3H3,(H,30,32)(H3,28,29,31). The summed E-state index contributed by atoms with van der Waals surface area (Å²) in [4.78, 5) is 17.4. The van der Waals surface area contributed by atoms with Gasteiger partial charge in [0.25, 0.3) is 5.91 Å². The van der Waals surface area contributed by atoms with Gasteiger partial charge in [0, 0.05) is 23.5 Å². The Bertz CT molecular complexity index is 1100. The molecule has 0 saturated heterocycles. The quantitative estimate of drug-likeness (QED) is 0.491. The molecular formula is C27H32N4O. The van der Waals surface area contributed by atoms with Crippen LogP contribution in [0.2, 0.25) is 0 Å². The van der Waals surface area contributed by atoms with Crippen LogP contribution < -0.4 is 16.4 Å². The van der Waals surface area contributed by atoms with E-state index < -0.39 is 0 Å². The van der Waals surface area contributed by atoms with Gasteiger partial charge in [0.05, 0.1) is 0 Å². The summed E-state index contributed by atoms with van der Waals surface area (Å²) in [7, 11) is 0. The van der Waals surface area contributed by atoms with Gasteiger partial charge in [-0.15, -0.1) is 0 Å². The van der Waals surface area contributed by atoms with Crippen molar-refractivity contribution >= 4 is 23.1 Å². The number of amides is 1. The molecule has 1 heterocycles. The van der Waals surface area contributed by atoms with E-state index in [1.54, 1.807) is 12.1 Å². The molecule has 5 nitrogen and oxygen atoms in total. The summed E-state index contributed by atoms with van der Waals surface area (Å²) in [6, 6.07) is 18.2. The van der Waals surface area contributed by atoms with Crippen LogP contribution in [0.4, 0.5) is 17.2 Å². The minimum atomic E-state index is -0.195. The smallest absolute Gasteiger partial charge is 0.270 e. The molecule has 0 atom stereocenters. The van der Waals surface area contributed by atoms with E-state index in [0.29, 0.717) is 23.1 Å². The second-order valence-electron chi connectivity index (χ2n) is 9.08. The molecule has 0 unspecified atom stereocenters. The second-order valence-corrected chi connectivity index (χ2v) is 9.08. The number of rotatable bonds is 7. The van der Waals surface area contributed by atoms with Crippen molar-refractivity contribution in [1.82, 2.24) is 10.3 Å². The van der Waals surface area contributed by atoms with Gasteiger partial charge in [-0.2, -0.15) is 0 Å². The highest BCUT2D eigenvalue weighted by Crippen LogP contribution is 2.24. The predicted octanol–water partition coefficient (Wildman–Crippen LogP) is 5.07. The summed E-state index contributed by atoms with van der Waals surface area (Å²) in [5.74, 6) is 0.992. The van der Waals surface area contributed by atoms with Crippen molar-refractivity contribution in [3.05, 3.63) is 82.5 Å². The number of pyridine rings is 1. The molecule has 32 heavy (non-hydrogen) atoms. The maximum atomic E-state index is 12.9. The first-order valence-electron chi connectivity index (χ1n) is 11.4. The molecule has 3 aromatic rings. The second kappa shape index (κ2) is 9.43. The molecule has 1 aromatic heterocycles. The molecule has 166 valence electrons. The molecular weight excluding hydrogens is 396 g/mol. The average Bonchev–Trinajstić information content (AvgIpc) is 3.16. The fourth-order valence-corrected chi connectivity index (χ4v) is 4.47. The normalized spacial score (nSPS) is 13.2. The van der Waals surface area contributed by atoms with Gasteiger partial charge in [-0.3, -0.25) is 4.79 Å². The number of carbonyl (C=O) groups is 1. The molecule has 0 aliphatic heterocycles. The number of anilines is 3. The van der Waals surface area contributed by atoms with Crippen LogP contribution in [0.1, 0.15) is 53.5 Å². The third-order valence-electron chi connectivity index (χ3n) is 5.95. The molecule has 2 aromatic carbocycles. The van der Waals surface area contributed by atoms with Gasteiger partial charge in [0.1, 0.15) is 11.5 Å². The van der Waals surface area contributed by atoms with Crippen LogP contribution in [0.25, 0.3) is 0 Å². The molecule has 0 bridgehead atoms. The summed E-state index contributed by atoms with van der Waals surface area (Å²) in [6.07, 6.45) is 3.73. The third-order valence-corrected chi connectivity index (χ3v) is 5.95. The van der Waals surface area contributed by atoms with Crippen molar-refractivity contribution in [1.29, 1.82) is 0 Å². The number of nitrogen functional groups attached to an aromatic ring is 1. The van der Waals surface area contributed by atoms with Crippen molar-refractivity contribution in [2.75, 3.05) is 11.1 Å². The minimum absolute atomic E-state index is 0.0835. The first-order chi connectivity index (χ1) is 15.4. The summed E-state index contributed by atoms with van der Waals surface area (Å²) in [6.45, 7) is 6.64. The Labute approximate surface area is 190 Å². The first-order valence-corrected chi connectivity index (χ1v) is 11.4. The zero-order chi connectivity index (χ0) is 22.7. The Morgan fingerprint density at radius 3 is 2.44 bits per heavy atom. The first kappa shape index (κ1) is 21.9. The van der Waals surface area contributed by atoms with E-state index in [-0.39, 0.29) is 11.9 Å². The lowest BCUT2D eigenvalue weighted by Gasteiger charge is -2.15. The molecule has 1 amide bonds. The number of carbonyl (C=O) groups excluding carboxylic acids is 1. The Balaban J connectivity index is 1.47. The highest BCUT2D eigenvalue weighted by molar-refractivity contribution is 5.94. The molecule has 0 saturated carbocycles. The lowest BCUT2D eigenvalue weighted by molar-refractivity contribution is 0.0933. The number of aromatic nitrogens is 1. The third kappa shape index (κ3) is 5.10. The van der Waals surface area contributed by atoms with E-state index in [0.717, 1.165) is 31.4 Å². The zero-order valence-corrected chi connectivity index (χ0v) is 19.1. The summed E-state index contributed by atoms with van der Waals surface area (Å²) < 4.78 is 0. The van der Waals surface area contributed by atoms with Crippen LogP contribution in [-0.2, 0) is 25.7 Å². The average molecular weight is 429 g/mol. The van der Waals surface area contributed by atoms with Gasteiger partial charge in [-0.25, -0.2) is 4.98 Å². The molecule has 5 heteroatoms. The van der Waals surface area contributed by atoms with E-state index in [1.165, 1.54) is 22.3 Å². The van der Waals surface area contributed by atoms with E-state index in [2.05, 4.69) is 66.7 Å². The Hall–Kier alpha value is -3.34. The fourth-order valence-electron chi connectivity index (χ4n) is 4.47. The van der Waals surface area contributed by atoms with Crippen LogP contribution >= 0.6 is 0 Å². The lowest BCUT2D eigenvalue weighted by atomic mass is 9.96. The van der Waals surface area contributed by atoms with Gasteiger partial charge < -0.3 is 16.4 Å². The number of nitrogens with two attached hydrogens (primary N) is 1. The maximum absolute atomic E-state index is 12.9. The van der Waals surface area contributed by atoms with Crippen molar-refractivity contribution in [3.63, 3.8) is 0 Å². The Morgan fingerprint density at radius 2 is 1.78 bits per heavy atom. The topological polar surface area (TPSA) is 80.0 Å². The minimum Gasteiger partial charge on any atom is -0.399 e. The van der Waals surface area contributed by atoms with Crippen LogP contribution in [0.5, 0.6) is 0 Å². The van der Waals surface area contributed by atoms with Gasteiger partial charge in [-0.05, 0) is 72.1 Å². The molecule has 0 radical (unpaired) electrons. The zero-order valence-electron chi connectivity index (χ0n) is 19.1. The van der Waals surface area contributed by atoms with E-state index in [4.69, 9.17) is 5.73 Å². The highest BCUT2D eigenvalue weighted by Gasteiger charge is 2.23. The SMILES string of the molecule is CCc1cc(Nc2cc(N)cc(C(=O)NC3Cc4ccccc4C3)n2)ccc1CC(C)C. The maximum Gasteiger partial charge on any atom is 0.270 e. The number of nitrogens with zero attached hydrogens (tertiary/aromatic N) is 1. The number of nitrogens with one attached hydrogen (secondary N) is 2. The lowest BCUT2D eigenvalue weighted by Crippen LogP contribution is -2.35. The fraction of sp³-hybridized carbons (Fsp3) is 0.333. The Kier molecular flexibility index (Phi) is 6.45. The van der Waals surface area contributed by atoms with Gasteiger partial charge in [0.2, 0.25) is 0 Å². The molecule has 0 spiro atoms. The van der Waals surface area contributed by atoms with E-state index in [1.807, 2.05) is 12.1 Å². The number of aryl methyl sites for hydroxylation is 1. The van der Waals surface area contributed by atoms with Crippen molar-refractivity contribution in [2.24, 2.45) is 5.92 Å². The summed E-state index contributed by atoms with van der Waals surface area (Å²) in [5.41, 5.74) is 13.2. The van der Waals surface area contributed by atoms with Gasteiger partial charge in [-0.1, -0.05) is 51.1 Å². The van der Waals surface area contributed by atoms with Crippen LogP contribution in [0.3, 0.4) is 0 Å². The monoisotopic (exact) mass is 428 g/mol. The van der Waals surface area contributed by atoms with Crippen molar-refractivity contribution in [2.45, 2.75) is 52.5 Å². The van der Waals surface area contributed by atoms with Crippen molar-refractivity contribution < 1.29 is 4.79 Å². The van der Waals surface area contributed by atoms with E-state index in [9.17, 15) is 4.79 Å². The van der Waals surface area contributed by atoms with Crippen LogP contribution in [0.15, 0.2) is 54.6 Å². The largest absolute Gasteiger partial charge is 0.399 e. The molecule has 1 aliphatic carbocycles. The van der Waals surface area contributed by atoms with E-state index >= 15 is 0 Å². The molecule has 4 N–H and O–H groups in total. The summed E-state index contributed by atoms with van der Waals surface area (Å²) in [5, 5.41) is 6.45. The predicted molar refractivity (Wildman–Crippen MR) is 131 cm³/mol. The van der Waals surface area contributed by atoms with Gasteiger partial charge >= 0.3 is 0 Å². The van der Waals surface area contributed by atoms with Crippen molar-refractivity contribution in [3.8, 4) is 0 Å². The Morgan fingerprint density at radius 1 is 1.06 bits per heavy atom. The number of hydrogen-bond acceptors (Lipinski definition) is 4. The molecule has 4 rings (SSSR count). The van der Waals surface area contributed by atoms with Crippen LogP contribution in [-0.4, -0.2) is 16.9 Å². The van der Waals surface area contributed by atoms with Gasteiger partial charge in [0.15, 0.2) is 0 Å². The number of fused-ring (bicyclic) bond motifs is 1. The molecule has 1 aliphatic rings. The van der Waals surface area contributed by atoms with Crippen LogP contribution in [0, 0.1) is 5.92 Å². The summed E-state index contributed by atoms with van der Waals surface area (Å²) >= 11 is 0.